The third-order valence-corrected chi connectivity index (χ3v) is 4.94. The molecule has 1 N–H and O–H groups in total. The molecule has 1 aromatic heterocycles. The zero-order chi connectivity index (χ0) is 22.4. The number of ether oxygens (including phenoxy) is 3. The molecule has 2 heterocycles. The number of methoxy groups -OCH3 is 3. The first-order valence-corrected chi connectivity index (χ1v) is 10.0. The maximum absolute atomic E-state index is 12.6. The van der Waals surface area contributed by atoms with E-state index in [2.05, 4.69) is 20.2 Å². The van der Waals surface area contributed by atoms with Crippen LogP contribution in [0.2, 0.25) is 0 Å². The van der Waals surface area contributed by atoms with Gasteiger partial charge in [0, 0.05) is 33.3 Å². The van der Waals surface area contributed by atoms with Gasteiger partial charge in [-0.05, 0) is 36.6 Å². The third-order valence-electron chi connectivity index (χ3n) is 4.94. The summed E-state index contributed by atoms with van der Waals surface area (Å²) in [6.07, 6.45) is 7.06. The van der Waals surface area contributed by atoms with Crippen LogP contribution in [0, 0.1) is 0 Å². The van der Waals surface area contributed by atoms with Gasteiger partial charge in [-0.25, -0.2) is 4.98 Å². The lowest BCUT2D eigenvalue weighted by Gasteiger charge is -2.20. The number of carbonyl (C=O) groups is 1. The van der Waals surface area contributed by atoms with Crippen LogP contribution >= 0.6 is 0 Å². The number of hydrogen-bond acceptors (Lipinski definition) is 8. The van der Waals surface area contributed by atoms with Gasteiger partial charge in [-0.3, -0.25) is 4.79 Å². The summed E-state index contributed by atoms with van der Waals surface area (Å²) in [5, 5.41) is 2.86. The quantitative estimate of drug-likeness (QED) is 0.644. The van der Waals surface area contributed by atoms with Gasteiger partial charge in [0.25, 0.3) is 0 Å². The molecule has 0 bridgehead atoms. The SMILES string of the molecule is COc1cc(/C=C/C(=O)Nc2cnc(N3CCCC3)nc2N(C)C)cc(OC)c1OC. The Kier molecular flexibility index (Phi) is 7.17. The van der Waals surface area contributed by atoms with Crippen LogP contribution in [-0.2, 0) is 4.79 Å². The van der Waals surface area contributed by atoms with Crippen molar-refractivity contribution in [3.63, 3.8) is 0 Å². The second-order valence-corrected chi connectivity index (χ2v) is 7.28. The molecule has 9 nitrogen and oxygen atoms in total. The second kappa shape index (κ2) is 10.0. The first-order valence-electron chi connectivity index (χ1n) is 10.0. The highest BCUT2D eigenvalue weighted by molar-refractivity contribution is 6.03. The summed E-state index contributed by atoms with van der Waals surface area (Å²) in [6, 6.07) is 3.54. The summed E-state index contributed by atoms with van der Waals surface area (Å²) in [6.45, 7) is 1.91. The van der Waals surface area contributed by atoms with Crippen LogP contribution in [0.1, 0.15) is 18.4 Å². The summed E-state index contributed by atoms with van der Waals surface area (Å²) in [7, 11) is 8.41. The third kappa shape index (κ3) is 5.17. The van der Waals surface area contributed by atoms with E-state index < -0.39 is 0 Å². The molecule has 1 fully saturated rings. The monoisotopic (exact) mass is 427 g/mol. The van der Waals surface area contributed by atoms with Gasteiger partial charge in [0.2, 0.25) is 17.6 Å². The van der Waals surface area contributed by atoms with Gasteiger partial charge in [-0.15, -0.1) is 0 Å². The average molecular weight is 428 g/mol. The number of hydrogen-bond donors (Lipinski definition) is 1. The highest BCUT2D eigenvalue weighted by Crippen LogP contribution is 2.38. The van der Waals surface area contributed by atoms with Crippen molar-refractivity contribution in [2.45, 2.75) is 12.8 Å². The van der Waals surface area contributed by atoms with E-state index in [1.807, 2.05) is 19.0 Å². The van der Waals surface area contributed by atoms with Crippen molar-refractivity contribution < 1.29 is 19.0 Å². The fourth-order valence-electron chi connectivity index (χ4n) is 3.41. The minimum Gasteiger partial charge on any atom is -0.493 e. The van der Waals surface area contributed by atoms with E-state index in [1.165, 1.54) is 6.08 Å². The highest BCUT2D eigenvalue weighted by atomic mass is 16.5. The predicted molar refractivity (Wildman–Crippen MR) is 122 cm³/mol. The number of nitrogens with zero attached hydrogens (tertiary/aromatic N) is 4. The standard InChI is InChI=1S/C22H29N5O4/c1-26(2)21-16(14-23-22(25-21)27-10-6-7-11-27)24-19(28)9-8-15-12-17(29-3)20(31-5)18(13-15)30-4/h8-9,12-14H,6-7,10-11H2,1-5H3,(H,24,28)/b9-8+. The largest absolute Gasteiger partial charge is 0.493 e. The molecule has 0 atom stereocenters. The van der Waals surface area contributed by atoms with Crippen molar-refractivity contribution >= 4 is 29.4 Å². The van der Waals surface area contributed by atoms with Crippen molar-refractivity contribution in [2.24, 2.45) is 0 Å². The molecule has 2 aromatic rings. The minimum absolute atomic E-state index is 0.297. The number of amides is 1. The molecule has 0 spiro atoms. The maximum atomic E-state index is 12.6. The molecular weight excluding hydrogens is 398 g/mol. The Balaban J connectivity index is 1.78. The van der Waals surface area contributed by atoms with Crippen LogP contribution in [0.15, 0.2) is 24.4 Å². The molecule has 1 aromatic carbocycles. The second-order valence-electron chi connectivity index (χ2n) is 7.28. The molecule has 3 rings (SSSR count). The van der Waals surface area contributed by atoms with Crippen LogP contribution in [0.25, 0.3) is 6.08 Å². The minimum atomic E-state index is -0.297. The highest BCUT2D eigenvalue weighted by Gasteiger charge is 2.18. The Morgan fingerprint density at radius 2 is 1.74 bits per heavy atom. The van der Waals surface area contributed by atoms with Gasteiger partial charge in [0.15, 0.2) is 17.3 Å². The fourth-order valence-corrected chi connectivity index (χ4v) is 3.41. The number of anilines is 3. The number of rotatable bonds is 8. The Morgan fingerprint density at radius 1 is 1.10 bits per heavy atom. The molecule has 0 unspecified atom stereocenters. The van der Waals surface area contributed by atoms with Crippen molar-refractivity contribution in [2.75, 3.05) is 63.6 Å². The number of benzene rings is 1. The molecule has 9 heteroatoms. The lowest BCUT2D eigenvalue weighted by atomic mass is 10.1. The average Bonchev–Trinajstić information content (AvgIpc) is 3.31. The molecule has 0 saturated carbocycles. The van der Waals surface area contributed by atoms with E-state index in [0.29, 0.717) is 34.7 Å². The summed E-state index contributed by atoms with van der Waals surface area (Å²) in [5.74, 6) is 2.58. The van der Waals surface area contributed by atoms with Crippen LogP contribution in [0.3, 0.4) is 0 Å². The summed E-state index contributed by atoms with van der Waals surface area (Å²) < 4.78 is 16.0. The lowest BCUT2D eigenvalue weighted by molar-refractivity contribution is -0.111. The Bertz CT molecular complexity index is 930. The predicted octanol–water partition coefficient (Wildman–Crippen LogP) is 2.82. The van der Waals surface area contributed by atoms with Crippen LogP contribution < -0.4 is 29.3 Å². The van der Waals surface area contributed by atoms with Gasteiger partial charge in [-0.1, -0.05) is 0 Å². The Hall–Kier alpha value is -3.49. The first-order chi connectivity index (χ1) is 15.0. The van der Waals surface area contributed by atoms with E-state index in [0.717, 1.165) is 31.5 Å². The van der Waals surface area contributed by atoms with Gasteiger partial charge >= 0.3 is 0 Å². The fraction of sp³-hybridized carbons (Fsp3) is 0.409. The van der Waals surface area contributed by atoms with Gasteiger partial charge in [0.05, 0.1) is 27.5 Å². The molecule has 31 heavy (non-hydrogen) atoms. The van der Waals surface area contributed by atoms with Gasteiger partial charge < -0.3 is 29.3 Å². The molecule has 0 radical (unpaired) electrons. The zero-order valence-corrected chi connectivity index (χ0v) is 18.6. The molecule has 1 aliphatic rings. The zero-order valence-electron chi connectivity index (χ0n) is 18.6. The molecule has 1 aliphatic heterocycles. The first kappa shape index (κ1) is 22.2. The van der Waals surface area contributed by atoms with E-state index in [1.54, 1.807) is 45.7 Å². The Labute approximate surface area is 182 Å². The van der Waals surface area contributed by atoms with Crippen LogP contribution in [-0.4, -0.2) is 64.4 Å². The molecular formula is C22H29N5O4. The van der Waals surface area contributed by atoms with Crippen LogP contribution in [0.4, 0.5) is 17.5 Å². The lowest BCUT2D eigenvalue weighted by Crippen LogP contribution is -2.23. The van der Waals surface area contributed by atoms with E-state index >= 15 is 0 Å². The summed E-state index contributed by atoms with van der Waals surface area (Å²) >= 11 is 0. The number of carbonyl (C=O) groups excluding carboxylic acids is 1. The maximum Gasteiger partial charge on any atom is 0.248 e. The van der Waals surface area contributed by atoms with Gasteiger partial charge in [0.1, 0.15) is 5.69 Å². The smallest absolute Gasteiger partial charge is 0.248 e. The Morgan fingerprint density at radius 3 is 2.29 bits per heavy atom. The molecule has 1 saturated heterocycles. The topological polar surface area (TPSA) is 89.0 Å². The molecule has 1 amide bonds. The summed E-state index contributed by atoms with van der Waals surface area (Å²) in [5.41, 5.74) is 1.28. The normalized spacial score (nSPS) is 13.4. The number of nitrogens with one attached hydrogen (secondary N) is 1. The van der Waals surface area contributed by atoms with Gasteiger partial charge in [-0.2, -0.15) is 4.98 Å². The molecule has 166 valence electrons. The molecule has 0 aliphatic carbocycles. The van der Waals surface area contributed by atoms with Crippen molar-refractivity contribution in [3.05, 3.63) is 30.0 Å². The van der Waals surface area contributed by atoms with Crippen molar-refractivity contribution in [1.29, 1.82) is 0 Å². The van der Waals surface area contributed by atoms with Crippen molar-refractivity contribution in [3.8, 4) is 17.2 Å². The number of aromatic nitrogens is 2. The van der Waals surface area contributed by atoms with E-state index in [9.17, 15) is 4.79 Å². The summed E-state index contributed by atoms with van der Waals surface area (Å²) in [4.78, 5) is 25.7. The van der Waals surface area contributed by atoms with E-state index in [-0.39, 0.29) is 5.91 Å². The van der Waals surface area contributed by atoms with Crippen LogP contribution in [0.5, 0.6) is 17.2 Å². The van der Waals surface area contributed by atoms with E-state index in [4.69, 9.17) is 14.2 Å². The van der Waals surface area contributed by atoms with Crippen molar-refractivity contribution in [1.82, 2.24) is 9.97 Å².